The first kappa shape index (κ1) is 17.8. The lowest BCUT2D eigenvalue weighted by Gasteiger charge is -2.18. The van der Waals surface area contributed by atoms with Crippen LogP contribution in [0.3, 0.4) is 0 Å². The highest BCUT2D eigenvalue weighted by Crippen LogP contribution is 2.21. The number of carbonyl (C=O) groups excluding carboxylic acids is 2. The molecule has 0 bridgehead atoms. The first-order valence-corrected chi connectivity index (χ1v) is 7.19. The number of esters is 1. The maximum atomic E-state index is 12.1. The van der Waals surface area contributed by atoms with E-state index in [2.05, 4.69) is 5.32 Å². The molecule has 3 N–H and O–H groups in total. The quantitative estimate of drug-likeness (QED) is 0.755. The Morgan fingerprint density at radius 2 is 2.00 bits per heavy atom. The summed E-state index contributed by atoms with van der Waals surface area (Å²) in [6, 6.07) is 4.15. The lowest BCUT2D eigenvalue weighted by Crippen LogP contribution is -2.45. The van der Waals surface area contributed by atoms with Gasteiger partial charge in [-0.3, -0.25) is 0 Å². The Kier molecular flexibility index (Phi) is 6.69. The van der Waals surface area contributed by atoms with E-state index in [0.29, 0.717) is 12.2 Å². The first-order chi connectivity index (χ1) is 10.3. The number of nitrogens with one attached hydrogen (secondary N) is 1. The zero-order valence-corrected chi connectivity index (χ0v) is 13.5. The van der Waals surface area contributed by atoms with E-state index in [1.54, 1.807) is 7.11 Å². The second-order valence-corrected chi connectivity index (χ2v) is 5.61. The SMILES string of the molecule is COc1ccc(C)cc1COC(=O)C(CC(C)C)NC(N)=O. The molecule has 0 heterocycles. The maximum absolute atomic E-state index is 12.1. The molecule has 1 aromatic carbocycles. The average Bonchev–Trinajstić information content (AvgIpc) is 2.43. The minimum atomic E-state index is -0.742. The van der Waals surface area contributed by atoms with Crippen LogP contribution in [-0.2, 0) is 16.1 Å². The highest BCUT2D eigenvalue weighted by molar-refractivity contribution is 5.82. The standard InChI is InChI=1S/C16H24N2O4/c1-10(2)7-13(18-16(17)20)15(19)22-9-12-8-11(3)5-6-14(12)21-4/h5-6,8,10,13H,7,9H2,1-4H3,(H3,17,18,20). The molecule has 1 aromatic rings. The van der Waals surface area contributed by atoms with E-state index in [-0.39, 0.29) is 12.5 Å². The van der Waals surface area contributed by atoms with Crippen molar-refractivity contribution in [3.8, 4) is 5.75 Å². The van der Waals surface area contributed by atoms with Crippen molar-refractivity contribution >= 4 is 12.0 Å². The van der Waals surface area contributed by atoms with E-state index in [4.69, 9.17) is 15.2 Å². The van der Waals surface area contributed by atoms with Gasteiger partial charge in [-0.25, -0.2) is 9.59 Å². The van der Waals surface area contributed by atoms with E-state index in [1.165, 1.54) is 0 Å². The van der Waals surface area contributed by atoms with Crippen molar-refractivity contribution in [1.82, 2.24) is 5.32 Å². The Hall–Kier alpha value is -2.24. The fourth-order valence-corrected chi connectivity index (χ4v) is 2.13. The summed E-state index contributed by atoms with van der Waals surface area (Å²) in [6.45, 7) is 5.93. The van der Waals surface area contributed by atoms with Gasteiger partial charge in [0.2, 0.25) is 0 Å². The van der Waals surface area contributed by atoms with Crippen molar-refractivity contribution in [3.63, 3.8) is 0 Å². The molecule has 0 spiro atoms. The molecule has 0 saturated heterocycles. The van der Waals surface area contributed by atoms with Crippen LogP contribution in [0.5, 0.6) is 5.75 Å². The van der Waals surface area contributed by atoms with Crippen molar-refractivity contribution in [2.75, 3.05) is 7.11 Å². The third-order valence-corrected chi connectivity index (χ3v) is 3.11. The number of amides is 2. The number of carbonyl (C=O) groups is 2. The van der Waals surface area contributed by atoms with E-state index in [9.17, 15) is 9.59 Å². The molecule has 1 rings (SSSR count). The zero-order valence-electron chi connectivity index (χ0n) is 13.5. The van der Waals surface area contributed by atoms with Crippen molar-refractivity contribution < 1.29 is 19.1 Å². The largest absolute Gasteiger partial charge is 0.496 e. The molecule has 0 fully saturated rings. The number of rotatable bonds is 7. The maximum Gasteiger partial charge on any atom is 0.329 e. The third-order valence-electron chi connectivity index (χ3n) is 3.11. The van der Waals surface area contributed by atoms with Gasteiger partial charge in [-0.15, -0.1) is 0 Å². The summed E-state index contributed by atoms with van der Waals surface area (Å²) in [5.41, 5.74) is 6.92. The van der Waals surface area contributed by atoms with E-state index >= 15 is 0 Å². The molecule has 1 atom stereocenters. The van der Waals surface area contributed by atoms with Crippen LogP contribution in [0.25, 0.3) is 0 Å². The fraction of sp³-hybridized carbons (Fsp3) is 0.500. The fourth-order valence-electron chi connectivity index (χ4n) is 2.13. The van der Waals surface area contributed by atoms with E-state index < -0.39 is 18.0 Å². The second-order valence-electron chi connectivity index (χ2n) is 5.61. The van der Waals surface area contributed by atoms with Gasteiger partial charge in [0, 0.05) is 5.56 Å². The van der Waals surface area contributed by atoms with E-state index in [1.807, 2.05) is 39.0 Å². The molecule has 2 amide bonds. The lowest BCUT2D eigenvalue weighted by atomic mass is 10.0. The molecule has 0 radical (unpaired) electrons. The molecule has 122 valence electrons. The number of primary amides is 1. The molecule has 0 aromatic heterocycles. The van der Waals surface area contributed by atoms with Gasteiger partial charge in [0.1, 0.15) is 18.4 Å². The molecule has 6 heteroatoms. The van der Waals surface area contributed by atoms with Gasteiger partial charge in [-0.1, -0.05) is 25.5 Å². The number of nitrogens with two attached hydrogens (primary N) is 1. The summed E-state index contributed by atoms with van der Waals surface area (Å²) in [4.78, 5) is 23.1. The Labute approximate surface area is 131 Å². The predicted octanol–water partition coefficient (Wildman–Crippen LogP) is 2.13. The number of aryl methyl sites for hydroxylation is 1. The predicted molar refractivity (Wildman–Crippen MR) is 83.5 cm³/mol. The number of benzene rings is 1. The van der Waals surface area contributed by atoms with Crippen molar-refractivity contribution in [3.05, 3.63) is 29.3 Å². The number of hydrogen-bond acceptors (Lipinski definition) is 4. The number of urea groups is 1. The summed E-state index contributed by atoms with van der Waals surface area (Å²) in [5.74, 6) is 0.371. The summed E-state index contributed by atoms with van der Waals surface area (Å²) >= 11 is 0. The normalized spacial score (nSPS) is 11.9. The first-order valence-electron chi connectivity index (χ1n) is 7.19. The van der Waals surface area contributed by atoms with Gasteiger partial charge in [0.15, 0.2) is 0 Å². The van der Waals surface area contributed by atoms with Crippen LogP contribution >= 0.6 is 0 Å². The van der Waals surface area contributed by atoms with Crippen LogP contribution in [0.4, 0.5) is 4.79 Å². The molecule has 0 aliphatic carbocycles. The summed E-state index contributed by atoms with van der Waals surface area (Å²) in [5, 5.41) is 2.42. The number of hydrogen-bond donors (Lipinski definition) is 2. The van der Waals surface area contributed by atoms with Gasteiger partial charge >= 0.3 is 12.0 Å². The van der Waals surface area contributed by atoms with Crippen LogP contribution in [0.15, 0.2) is 18.2 Å². The molecule has 0 aliphatic heterocycles. The molecule has 1 unspecified atom stereocenters. The summed E-state index contributed by atoms with van der Waals surface area (Å²) in [7, 11) is 1.56. The molecule has 0 saturated carbocycles. The van der Waals surface area contributed by atoms with Gasteiger partial charge in [0.25, 0.3) is 0 Å². The van der Waals surface area contributed by atoms with Gasteiger partial charge in [0.05, 0.1) is 7.11 Å². The van der Waals surface area contributed by atoms with E-state index in [0.717, 1.165) is 11.1 Å². The molecular weight excluding hydrogens is 284 g/mol. The van der Waals surface area contributed by atoms with Crippen LogP contribution in [-0.4, -0.2) is 25.2 Å². The third kappa shape index (κ3) is 5.63. The van der Waals surface area contributed by atoms with Crippen LogP contribution in [0.1, 0.15) is 31.4 Å². The minimum Gasteiger partial charge on any atom is -0.496 e. The highest BCUT2D eigenvalue weighted by Gasteiger charge is 2.23. The van der Waals surface area contributed by atoms with Crippen LogP contribution < -0.4 is 15.8 Å². The Morgan fingerprint density at radius 1 is 1.32 bits per heavy atom. The Morgan fingerprint density at radius 3 is 2.55 bits per heavy atom. The molecule has 6 nitrogen and oxygen atoms in total. The van der Waals surface area contributed by atoms with Gasteiger partial charge in [-0.05, 0) is 31.4 Å². The van der Waals surface area contributed by atoms with Gasteiger partial charge in [-0.2, -0.15) is 0 Å². The van der Waals surface area contributed by atoms with Crippen LogP contribution in [0, 0.1) is 12.8 Å². The van der Waals surface area contributed by atoms with Crippen molar-refractivity contribution in [2.45, 2.75) is 39.8 Å². The minimum absolute atomic E-state index is 0.0821. The smallest absolute Gasteiger partial charge is 0.329 e. The Balaban J connectivity index is 2.73. The second kappa shape index (κ2) is 8.26. The molecular formula is C16H24N2O4. The zero-order chi connectivity index (χ0) is 16.7. The average molecular weight is 308 g/mol. The Bertz CT molecular complexity index is 529. The van der Waals surface area contributed by atoms with Gasteiger partial charge < -0.3 is 20.5 Å². The summed E-state index contributed by atoms with van der Waals surface area (Å²) < 4.78 is 10.5. The number of methoxy groups -OCH3 is 1. The van der Waals surface area contributed by atoms with Crippen LogP contribution in [0.2, 0.25) is 0 Å². The monoisotopic (exact) mass is 308 g/mol. The van der Waals surface area contributed by atoms with Crippen molar-refractivity contribution in [2.24, 2.45) is 11.7 Å². The highest BCUT2D eigenvalue weighted by atomic mass is 16.5. The topological polar surface area (TPSA) is 90.7 Å². The molecule has 22 heavy (non-hydrogen) atoms. The summed E-state index contributed by atoms with van der Waals surface area (Å²) in [6.07, 6.45) is 0.465. The lowest BCUT2D eigenvalue weighted by molar-refractivity contribution is -0.147. The molecule has 0 aliphatic rings. The van der Waals surface area contributed by atoms with Crippen molar-refractivity contribution in [1.29, 1.82) is 0 Å². The number of ether oxygens (including phenoxy) is 2.